The Morgan fingerprint density at radius 3 is 2.07 bits per heavy atom. The standard InChI is InChI=1S/C11H25N3O/c1-10(2)4-5-12-6-7-13-8-9-14-11(3)15/h10,12-13H,4-9H2,1-3H3,(H,14,15). The minimum absolute atomic E-state index is 0.0341. The summed E-state index contributed by atoms with van der Waals surface area (Å²) in [6.45, 7) is 10.6. The van der Waals surface area contributed by atoms with Crippen LogP contribution >= 0.6 is 0 Å². The lowest BCUT2D eigenvalue weighted by Crippen LogP contribution is -2.34. The third-order valence-electron chi connectivity index (χ3n) is 2.05. The first-order valence-electron chi connectivity index (χ1n) is 5.78. The zero-order chi connectivity index (χ0) is 11.5. The molecule has 0 radical (unpaired) electrons. The molecule has 0 atom stereocenters. The molecule has 0 spiro atoms. The fourth-order valence-corrected chi connectivity index (χ4v) is 1.14. The maximum absolute atomic E-state index is 10.5. The molecule has 0 aromatic rings. The molecule has 4 nitrogen and oxygen atoms in total. The second-order valence-electron chi connectivity index (χ2n) is 4.17. The summed E-state index contributed by atoms with van der Waals surface area (Å²) in [5.74, 6) is 0.803. The summed E-state index contributed by atoms with van der Waals surface area (Å²) < 4.78 is 0. The second-order valence-corrected chi connectivity index (χ2v) is 4.17. The van der Waals surface area contributed by atoms with Crippen molar-refractivity contribution in [3.05, 3.63) is 0 Å². The zero-order valence-electron chi connectivity index (χ0n) is 10.2. The smallest absolute Gasteiger partial charge is 0.216 e. The molecule has 0 aliphatic heterocycles. The first-order chi connectivity index (χ1) is 7.13. The lowest BCUT2D eigenvalue weighted by Gasteiger charge is -2.08. The van der Waals surface area contributed by atoms with Gasteiger partial charge >= 0.3 is 0 Å². The molecule has 1 amide bonds. The summed E-state index contributed by atoms with van der Waals surface area (Å²) >= 11 is 0. The molecule has 0 saturated heterocycles. The molecule has 0 fully saturated rings. The third-order valence-corrected chi connectivity index (χ3v) is 2.05. The molecular weight excluding hydrogens is 190 g/mol. The molecule has 15 heavy (non-hydrogen) atoms. The molecule has 90 valence electrons. The van der Waals surface area contributed by atoms with Crippen LogP contribution < -0.4 is 16.0 Å². The highest BCUT2D eigenvalue weighted by molar-refractivity contribution is 5.72. The van der Waals surface area contributed by atoms with E-state index in [2.05, 4.69) is 29.8 Å². The fourth-order valence-electron chi connectivity index (χ4n) is 1.14. The minimum atomic E-state index is 0.0341. The van der Waals surface area contributed by atoms with E-state index in [0.717, 1.165) is 32.1 Å². The van der Waals surface area contributed by atoms with Gasteiger partial charge in [0.1, 0.15) is 0 Å². The van der Waals surface area contributed by atoms with Gasteiger partial charge in [0.05, 0.1) is 0 Å². The number of rotatable bonds is 9. The van der Waals surface area contributed by atoms with Crippen molar-refractivity contribution >= 4 is 5.91 Å². The van der Waals surface area contributed by atoms with Gasteiger partial charge in [-0.1, -0.05) is 13.8 Å². The van der Waals surface area contributed by atoms with Crippen molar-refractivity contribution in [1.29, 1.82) is 0 Å². The Bertz CT molecular complexity index is 160. The largest absolute Gasteiger partial charge is 0.355 e. The summed E-state index contributed by atoms with van der Waals surface area (Å²) in [6, 6.07) is 0. The van der Waals surface area contributed by atoms with Gasteiger partial charge in [-0.05, 0) is 18.9 Å². The maximum Gasteiger partial charge on any atom is 0.216 e. The van der Waals surface area contributed by atoms with E-state index in [4.69, 9.17) is 0 Å². The molecule has 0 heterocycles. The number of carbonyl (C=O) groups is 1. The Labute approximate surface area is 93.2 Å². The van der Waals surface area contributed by atoms with Gasteiger partial charge in [-0.3, -0.25) is 4.79 Å². The van der Waals surface area contributed by atoms with E-state index in [1.807, 2.05) is 0 Å². The van der Waals surface area contributed by atoms with Crippen molar-refractivity contribution in [3.63, 3.8) is 0 Å². The lowest BCUT2D eigenvalue weighted by atomic mass is 10.1. The maximum atomic E-state index is 10.5. The molecule has 0 aliphatic rings. The molecule has 0 aromatic carbocycles. The van der Waals surface area contributed by atoms with Crippen molar-refractivity contribution in [2.24, 2.45) is 5.92 Å². The van der Waals surface area contributed by atoms with Crippen LogP contribution in [0.4, 0.5) is 0 Å². The van der Waals surface area contributed by atoms with Gasteiger partial charge in [0.2, 0.25) is 5.91 Å². The van der Waals surface area contributed by atoms with E-state index in [1.54, 1.807) is 0 Å². The highest BCUT2D eigenvalue weighted by atomic mass is 16.1. The highest BCUT2D eigenvalue weighted by Crippen LogP contribution is 1.95. The van der Waals surface area contributed by atoms with Crippen molar-refractivity contribution < 1.29 is 4.79 Å². The summed E-state index contributed by atoms with van der Waals surface area (Å²) in [5.41, 5.74) is 0. The van der Waals surface area contributed by atoms with Crippen molar-refractivity contribution in [3.8, 4) is 0 Å². The van der Waals surface area contributed by atoms with Gasteiger partial charge in [0, 0.05) is 33.1 Å². The van der Waals surface area contributed by atoms with Crippen LogP contribution in [0.15, 0.2) is 0 Å². The summed E-state index contributed by atoms with van der Waals surface area (Å²) in [4.78, 5) is 10.5. The van der Waals surface area contributed by atoms with Crippen LogP contribution in [-0.2, 0) is 4.79 Å². The van der Waals surface area contributed by atoms with E-state index < -0.39 is 0 Å². The Morgan fingerprint density at radius 2 is 1.53 bits per heavy atom. The van der Waals surface area contributed by atoms with Crippen LogP contribution in [0.3, 0.4) is 0 Å². The minimum Gasteiger partial charge on any atom is -0.355 e. The van der Waals surface area contributed by atoms with Crippen LogP contribution in [0.25, 0.3) is 0 Å². The third kappa shape index (κ3) is 13.4. The predicted octanol–water partition coefficient (Wildman–Crippen LogP) is 0.348. The van der Waals surface area contributed by atoms with Crippen LogP contribution in [0, 0.1) is 5.92 Å². The Balaban J connectivity index is 2.96. The number of amides is 1. The van der Waals surface area contributed by atoms with Crippen LogP contribution in [0.2, 0.25) is 0 Å². The molecule has 0 rings (SSSR count). The zero-order valence-corrected chi connectivity index (χ0v) is 10.2. The molecule has 4 heteroatoms. The van der Waals surface area contributed by atoms with E-state index in [0.29, 0.717) is 6.54 Å². The predicted molar refractivity (Wildman–Crippen MR) is 63.9 cm³/mol. The van der Waals surface area contributed by atoms with E-state index in [9.17, 15) is 4.79 Å². The Morgan fingerprint density at radius 1 is 1.00 bits per heavy atom. The topological polar surface area (TPSA) is 53.2 Å². The van der Waals surface area contributed by atoms with Gasteiger partial charge < -0.3 is 16.0 Å². The normalized spacial score (nSPS) is 10.7. The van der Waals surface area contributed by atoms with Gasteiger partial charge in [-0.15, -0.1) is 0 Å². The van der Waals surface area contributed by atoms with Crippen molar-refractivity contribution in [2.45, 2.75) is 27.2 Å². The molecule has 3 N–H and O–H groups in total. The number of carbonyl (C=O) groups excluding carboxylic acids is 1. The first kappa shape index (κ1) is 14.4. The molecule has 0 bridgehead atoms. The Kier molecular flexibility index (Phi) is 9.52. The van der Waals surface area contributed by atoms with Gasteiger partial charge in [-0.2, -0.15) is 0 Å². The summed E-state index contributed by atoms with van der Waals surface area (Å²) in [7, 11) is 0. The Hall–Kier alpha value is -0.610. The van der Waals surface area contributed by atoms with E-state index >= 15 is 0 Å². The van der Waals surface area contributed by atoms with E-state index in [1.165, 1.54) is 13.3 Å². The lowest BCUT2D eigenvalue weighted by molar-refractivity contribution is -0.118. The highest BCUT2D eigenvalue weighted by Gasteiger charge is 1.93. The molecule has 0 aromatic heterocycles. The average molecular weight is 215 g/mol. The van der Waals surface area contributed by atoms with Gasteiger partial charge in [-0.25, -0.2) is 0 Å². The van der Waals surface area contributed by atoms with Gasteiger partial charge in [0.15, 0.2) is 0 Å². The van der Waals surface area contributed by atoms with Crippen LogP contribution in [0.5, 0.6) is 0 Å². The fraction of sp³-hybridized carbons (Fsp3) is 0.909. The average Bonchev–Trinajstić information content (AvgIpc) is 2.14. The summed E-state index contributed by atoms with van der Waals surface area (Å²) in [5, 5.41) is 9.36. The first-order valence-corrected chi connectivity index (χ1v) is 5.78. The quantitative estimate of drug-likeness (QED) is 0.486. The van der Waals surface area contributed by atoms with Crippen LogP contribution in [-0.4, -0.2) is 38.6 Å². The van der Waals surface area contributed by atoms with Crippen molar-refractivity contribution in [2.75, 3.05) is 32.7 Å². The van der Waals surface area contributed by atoms with Crippen molar-refractivity contribution in [1.82, 2.24) is 16.0 Å². The number of nitrogens with one attached hydrogen (secondary N) is 3. The van der Waals surface area contributed by atoms with E-state index in [-0.39, 0.29) is 5.91 Å². The van der Waals surface area contributed by atoms with Crippen LogP contribution in [0.1, 0.15) is 27.2 Å². The molecule has 0 saturated carbocycles. The summed E-state index contributed by atoms with van der Waals surface area (Å²) in [6.07, 6.45) is 1.23. The van der Waals surface area contributed by atoms with Gasteiger partial charge in [0.25, 0.3) is 0 Å². The second kappa shape index (κ2) is 9.93. The monoisotopic (exact) mass is 215 g/mol. The number of hydrogen-bond donors (Lipinski definition) is 3. The molecule has 0 unspecified atom stereocenters. The SMILES string of the molecule is CC(=O)NCCNCCNCCC(C)C. The molecular formula is C11H25N3O. The number of hydrogen-bond acceptors (Lipinski definition) is 3. The molecule has 0 aliphatic carbocycles.